The lowest BCUT2D eigenvalue weighted by molar-refractivity contribution is -0.870. The maximum absolute atomic E-state index is 11.5. The first-order chi connectivity index (χ1) is 4.66. The summed E-state index contributed by atoms with van der Waals surface area (Å²) in [7, 11) is 1.96. The van der Waals surface area contributed by atoms with E-state index >= 15 is 0 Å². The van der Waals surface area contributed by atoms with Crippen LogP contribution in [0.4, 0.5) is 0 Å². The molecule has 3 nitrogen and oxygen atoms in total. The summed E-state index contributed by atoms with van der Waals surface area (Å²) in [6.45, 7) is 2.75. The maximum Gasteiger partial charge on any atom is 0.134 e. The molecule has 1 heterocycles. The van der Waals surface area contributed by atoms with Crippen LogP contribution in [0.5, 0.6) is 0 Å². The second kappa shape index (κ2) is 3.05. The molecule has 0 aromatic heterocycles. The van der Waals surface area contributed by atoms with Crippen LogP contribution in [0.2, 0.25) is 0 Å². The lowest BCUT2D eigenvalue weighted by Gasteiger charge is -2.37. The van der Waals surface area contributed by atoms with Gasteiger partial charge in [0.05, 0.1) is 25.5 Å². The summed E-state index contributed by atoms with van der Waals surface area (Å²) in [5, 5.41) is 11.5. The second-order valence-electron chi connectivity index (χ2n) is 2.92. The van der Waals surface area contributed by atoms with E-state index in [0.717, 1.165) is 6.54 Å². The first kappa shape index (κ1) is 8.27. The molecule has 0 aliphatic carbocycles. The zero-order valence-corrected chi connectivity index (χ0v) is 6.97. The van der Waals surface area contributed by atoms with Crippen LogP contribution in [0.25, 0.3) is 0 Å². The average Bonchev–Trinajstić information content (AvgIpc) is 2.12. The van der Waals surface area contributed by atoms with Crippen molar-refractivity contribution >= 4 is 11.6 Å². The van der Waals surface area contributed by atoms with Crippen LogP contribution in [0, 0.1) is 5.21 Å². The molecule has 0 aromatic rings. The van der Waals surface area contributed by atoms with Crippen LogP contribution < -0.4 is 0 Å². The number of rotatable bonds is 2. The molecule has 0 saturated carbocycles. The molecule has 1 aliphatic heterocycles. The fraction of sp³-hybridized carbons (Fsp3) is 1.00. The predicted octanol–water partition coefficient (Wildman–Crippen LogP) is 0.443. The molecule has 0 aromatic carbocycles. The van der Waals surface area contributed by atoms with Crippen molar-refractivity contribution in [2.24, 2.45) is 0 Å². The van der Waals surface area contributed by atoms with E-state index in [1.807, 2.05) is 11.9 Å². The van der Waals surface area contributed by atoms with Gasteiger partial charge in [-0.1, -0.05) is 0 Å². The van der Waals surface area contributed by atoms with Gasteiger partial charge in [0.1, 0.15) is 6.67 Å². The summed E-state index contributed by atoms with van der Waals surface area (Å²) >= 11 is 5.48. The summed E-state index contributed by atoms with van der Waals surface area (Å²) in [5.74, 6) is 0.470. The Morgan fingerprint density at radius 3 is 2.80 bits per heavy atom. The quantitative estimate of drug-likeness (QED) is 0.337. The predicted molar refractivity (Wildman–Crippen MR) is 41.6 cm³/mol. The molecule has 1 unspecified atom stereocenters. The molecule has 60 valence electrons. The van der Waals surface area contributed by atoms with Crippen molar-refractivity contribution < 1.29 is 4.65 Å². The summed E-state index contributed by atoms with van der Waals surface area (Å²) in [4.78, 5) is 2.04. The lowest BCUT2D eigenvalue weighted by Crippen LogP contribution is -2.42. The van der Waals surface area contributed by atoms with Gasteiger partial charge in [0.25, 0.3) is 0 Å². The number of hydrogen-bond acceptors (Lipinski definition) is 2. The molecule has 1 saturated heterocycles. The number of likely N-dealkylation sites (N-methyl/N-ethyl adjacent to an activating group) is 1. The fourth-order valence-electron chi connectivity index (χ4n) is 1.27. The number of hydrogen-bond donors (Lipinski definition) is 0. The van der Waals surface area contributed by atoms with Gasteiger partial charge in [-0.2, -0.15) is 0 Å². The van der Waals surface area contributed by atoms with Gasteiger partial charge in [0.2, 0.25) is 0 Å². The standard InChI is InChI=1S/C6H13ClN2O/c1-8-3-5-9(10,6-8)4-2-7/h2-6H2,1H3. The van der Waals surface area contributed by atoms with Crippen molar-refractivity contribution in [3.8, 4) is 0 Å². The molecule has 10 heavy (non-hydrogen) atoms. The Morgan fingerprint density at radius 1 is 1.70 bits per heavy atom. The fourth-order valence-corrected chi connectivity index (χ4v) is 1.58. The van der Waals surface area contributed by atoms with Gasteiger partial charge in [0.15, 0.2) is 0 Å². The maximum atomic E-state index is 11.5. The Morgan fingerprint density at radius 2 is 2.40 bits per heavy atom. The molecule has 0 bridgehead atoms. The topological polar surface area (TPSA) is 26.3 Å². The summed E-state index contributed by atoms with van der Waals surface area (Å²) in [6.07, 6.45) is 0. The van der Waals surface area contributed by atoms with Crippen molar-refractivity contribution in [1.29, 1.82) is 0 Å². The number of alkyl halides is 1. The number of nitrogens with zero attached hydrogens (tertiary/aromatic N) is 2. The SMILES string of the molecule is CN1CC[N+]([O-])(CCCl)C1. The third kappa shape index (κ3) is 1.83. The Hall–Kier alpha value is 0.170. The van der Waals surface area contributed by atoms with Crippen molar-refractivity contribution in [1.82, 2.24) is 4.90 Å². The summed E-state index contributed by atoms with van der Waals surface area (Å²) in [5.41, 5.74) is 0. The molecule has 1 fully saturated rings. The average molecular weight is 165 g/mol. The van der Waals surface area contributed by atoms with Gasteiger partial charge in [-0.15, -0.1) is 11.6 Å². The van der Waals surface area contributed by atoms with Gasteiger partial charge in [0, 0.05) is 0 Å². The van der Waals surface area contributed by atoms with Crippen molar-refractivity contribution in [3.63, 3.8) is 0 Å². The number of halogens is 1. The summed E-state index contributed by atoms with van der Waals surface area (Å²) < 4.78 is -0.125. The second-order valence-corrected chi connectivity index (χ2v) is 3.29. The molecular formula is C6H13ClN2O. The largest absolute Gasteiger partial charge is 0.632 e. The van der Waals surface area contributed by atoms with Crippen molar-refractivity contribution in [2.45, 2.75) is 0 Å². The molecule has 0 N–H and O–H groups in total. The van der Waals surface area contributed by atoms with Gasteiger partial charge < -0.3 is 9.85 Å². The first-order valence-electron chi connectivity index (χ1n) is 3.48. The number of hydroxylamine groups is 3. The van der Waals surface area contributed by atoms with Crippen LogP contribution in [0.3, 0.4) is 0 Å². The van der Waals surface area contributed by atoms with E-state index in [-0.39, 0.29) is 4.65 Å². The highest BCUT2D eigenvalue weighted by Crippen LogP contribution is 2.12. The van der Waals surface area contributed by atoms with E-state index in [4.69, 9.17) is 11.6 Å². The van der Waals surface area contributed by atoms with Crippen LogP contribution in [-0.4, -0.2) is 48.8 Å². The Bertz CT molecular complexity index is 118. The highest BCUT2D eigenvalue weighted by molar-refractivity contribution is 6.17. The third-order valence-electron chi connectivity index (χ3n) is 1.88. The molecule has 0 amide bonds. The molecule has 1 atom stereocenters. The highest BCUT2D eigenvalue weighted by Gasteiger charge is 2.25. The minimum absolute atomic E-state index is 0.125. The minimum atomic E-state index is -0.125. The Kier molecular flexibility index (Phi) is 2.52. The number of quaternary nitrogens is 1. The Labute approximate surface area is 66.3 Å². The van der Waals surface area contributed by atoms with E-state index in [9.17, 15) is 5.21 Å². The zero-order chi connectivity index (χ0) is 7.61. The van der Waals surface area contributed by atoms with Crippen molar-refractivity contribution in [2.75, 3.05) is 39.2 Å². The molecule has 1 aliphatic rings. The van der Waals surface area contributed by atoms with Crippen LogP contribution >= 0.6 is 11.6 Å². The van der Waals surface area contributed by atoms with Gasteiger partial charge in [-0.3, -0.25) is 4.90 Å². The van der Waals surface area contributed by atoms with E-state index in [1.54, 1.807) is 0 Å². The highest BCUT2D eigenvalue weighted by atomic mass is 35.5. The van der Waals surface area contributed by atoms with E-state index < -0.39 is 0 Å². The van der Waals surface area contributed by atoms with Gasteiger partial charge in [-0.05, 0) is 7.05 Å². The van der Waals surface area contributed by atoms with Gasteiger partial charge >= 0.3 is 0 Å². The van der Waals surface area contributed by atoms with E-state index in [1.165, 1.54) is 0 Å². The molecule has 4 heteroatoms. The molecule has 0 radical (unpaired) electrons. The Balaban J connectivity index is 2.38. The molecule has 0 spiro atoms. The first-order valence-corrected chi connectivity index (χ1v) is 4.01. The molecular weight excluding hydrogens is 152 g/mol. The third-order valence-corrected chi connectivity index (χ3v) is 2.05. The van der Waals surface area contributed by atoms with E-state index in [0.29, 0.717) is 25.6 Å². The smallest absolute Gasteiger partial charge is 0.134 e. The van der Waals surface area contributed by atoms with E-state index in [2.05, 4.69) is 0 Å². The van der Waals surface area contributed by atoms with Crippen LogP contribution in [0.1, 0.15) is 0 Å². The van der Waals surface area contributed by atoms with Crippen LogP contribution in [-0.2, 0) is 0 Å². The van der Waals surface area contributed by atoms with Crippen molar-refractivity contribution in [3.05, 3.63) is 5.21 Å². The monoisotopic (exact) mass is 164 g/mol. The normalized spacial score (nSPS) is 35.1. The van der Waals surface area contributed by atoms with Gasteiger partial charge in [-0.25, -0.2) is 0 Å². The lowest BCUT2D eigenvalue weighted by atomic mass is 10.5. The van der Waals surface area contributed by atoms with Crippen LogP contribution in [0.15, 0.2) is 0 Å². The summed E-state index contributed by atoms with van der Waals surface area (Å²) in [6, 6.07) is 0. The minimum Gasteiger partial charge on any atom is -0.632 e. The zero-order valence-electron chi connectivity index (χ0n) is 6.22. The molecule has 1 rings (SSSR count).